The van der Waals surface area contributed by atoms with Gasteiger partial charge < -0.3 is 9.64 Å². The Balaban J connectivity index is 3.41. The minimum Gasteiger partial charge on any atom is -0.461 e. The standard InChI is InChI=1S/C14H30N3O2PSi2/c1-10-19-13(18)11-12(17(2)3)16-20(15-11)14(21(4,5)6)22(7,8)9/h14H,10H2,1-9H3. The number of nitrogens with zero attached hydrogens (tertiary/aromatic N) is 3. The van der Waals surface area contributed by atoms with Crippen molar-refractivity contribution in [1.29, 1.82) is 0 Å². The average Bonchev–Trinajstić information content (AvgIpc) is 2.69. The van der Waals surface area contributed by atoms with Gasteiger partial charge >= 0.3 is 5.97 Å². The van der Waals surface area contributed by atoms with Crippen LogP contribution in [-0.4, -0.2) is 52.3 Å². The van der Waals surface area contributed by atoms with E-state index in [9.17, 15) is 4.79 Å². The molecule has 1 aromatic heterocycles. The molecule has 0 amide bonds. The lowest BCUT2D eigenvalue weighted by atomic mass is 10.4. The third-order valence-corrected chi connectivity index (χ3v) is 19.1. The number of hydrogen-bond acceptors (Lipinski definition) is 5. The van der Waals surface area contributed by atoms with Gasteiger partial charge in [0.15, 0.2) is 11.5 Å². The van der Waals surface area contributed by atoms with Crippen molar-refractivity contribution >= 4 is 35.8 Å². The second-order valence-electron chi connectivity index (χ2n) is 7.94. The van der Waals surface area contributed by atoms with Crippen LogP contribution < -0.4 is 4.90 Å². The predicted molar refractivity (Wildman–Crippen MR) is 101 cm³/mol. The molecule has 5 nitrogen and oxygen atoms in total. The zero-order valence-corrected chi connectivity index (χ0v) is 18.3. The Labute approximate surface area is 137 Å². The molecule has 0 aliphatic carbocycles. The van der Waals surface area contributed by atoms with Gasteiger partial charge in [-0.05, 0) is 6.92 Å². The van der Waals surface area contributed by atoms with Crippen LogP contribution >= 0.6 is 7.85 Å². The van der Waals surface area contributed by atoms with Crippen LogP contribution in [0.15, 0.2) is 0 Å². The van der Waals surface area contributed by atoms with Gasteiger partial charge in [0.05, 0.1) is 30.6 Å². The van der Waals surface area contributed by atoms with Crippen LogP contribution in [0.5, 0.6) is 0 Å². The minimum absolute atomic E-state index is 0.343. The van der Waals surface area contributed by atoms with Gasteiger partial charge in [0, 0.05) is 19.0 Å². The monoisotopic (exact) mass is 359 g/mol. The first-order chi connectivity index (χ1) is 9.89. The van der Waals surface area contributed by atoms with Gasteiger partial charge in [0.2, 0.25) is 0 Å². The van der Waals surface area contributed by atoms with Crippen molar-refractivity contribution in [1.82, 2.24) is 9.49 Å². The third-order valence-electron chi connectivity index (χ3n) is 3.38. The lowest BCUT2D eigenvalue weighted by Crippen LogP contribution is -2.43. The molecular formula is C14H30N3O2PSi2. The Morgan fingerprint density at radius 1 is 1.14 bits per heavy atom. The summed E-state index contributed by atoms with van der Waals surface area (Å²) in [5.41, 5.74) is 0.416. The molecule has 1 aromatic rings. The van der Waals surface area contributed by atoms with E-state index in [2.05, 4.69) is 39.3 Å². The van der Waals surface area contributed by atoms with Crippen molar-refractivity contribution in [3.63, 3.8) is 0 Å². The molecule has 0 saturated carbocycles. The summed E-state index contributed by atoms with van der Waals surface area (Å²) < 4.78 is 14.8. The molecule has 0 radical (unpaired) electrons. The second-order valence-corrected chi connectivity index (χ2v) is 21.7. The van der Waals surface area contributed by atoms with E-state index in [1.165, 1.54) is 0 Å². The quantitative estimate of drug-likeness (QED) is 0.567. The fourth-order valence-electron chi connectivity index (χ4n) is 3.05. The number of esters is 1. The molecule has 1 unspecified atom stereocenters. The first kappa shape index (κ1) is 19.4. The highest BCUT2D eigenvalue weighted by Crippen LogP contribution is 2.48. The van der Waals surface area contributed by atoms with Crippen LogP contribution in [0, 0.1) is 0 Å². The van der Waals surface area contributed by atoms with E-state index < -0.39 is 24.0 Å². The molecule has 0 fully saturated rings. The summed E-state index contributed by atoms with van der Waals surface area (Å²) in [7, 11) is 0.0752. The lowest BCUT2D eigenvalue weighted by molar-refractivity contribution is 0.0521. The highest BCUT2D eigenvalue weighted by molar-refractivity contribution is 7.51. The predicted octanol–water partition coefficient (Wildman–Crippen LogP) is 4.00. The molecule has 0 aliphatic rings. The number of ether oxygens (including phenoxy) is 1. The Hall–Kier alpha value is -0.656. The fraction of sp³-hybridized carbons (Fsp3) is 0.786. The zero-order valence-electron chi connectivity index (χ0n) is 15.4. The fourth-order valence-corrected chi connectivity index (χ4v) is 20.8. The van der Waals surface area contributed by atoms with E-state index in [-0.39, 0.29) is 5.97 Å². The van der Waals surface area contributed by atoms with Gasteiger partial charge in [-0.2, -0.15) is 4.75 Å². The normalized spacial score (nSPS) is 13.5. The van der Waals surface area contributed by atoms with Gasteiger partial charge in [0.1, 0.15) is 0 Å². The smallest absolute Gasteiger partial charge is 0.361 e. The number of hydrogen-bond donors (Lipinski definition) is 0. The summed E-state index contributed by atoms with van der Waals surface area (Å²) in [5.74, 6) is 0.343. The van der Waals surface area contributed by atoms with Crippen molar-refractivity contribution in [2.75, 3.05) is 25.6 Å². The molecule has 0 bridgehead atoms. The largest absolute Gasteiger partial charge is 0.461 e. The molecule has 0 spiro atoms. The average molecular weight is 360 g/mol. The maximum absolute atomic E-state index is 12.2. The van der Waals surface area contributed by atoms with Crippen LogP contribution in [0.1, 0.15) is 22.3 Å². The summed E-state index contributed by atoms with van der Waals surface area (Å²) in [5, 5.41) is 0. The Bertz CT molecular complexity index is 519. The topological polar surface area (TPSA) is 55.3 Å². The summed E-state index contributed by atoms with van der Waals surface area (Å²) in [6.07, 6.45) is 0. The van der Waals surface area contributed by atoms with Gasteiger partial charge in [-0.15, -0.1) is 0 Å². The number of rotatable bonds is 6. The molecule has 8 heteroatoms. The molecule has 1 heterocycles. The zero-order chi connectivity index (χ0) is 17.3. The Kier molecular flexibility index (Phi) is 6.03. The van der Waals surface area contributed by atoms with Gasteiger partial charge in [-0.3, -0.25) is 0 Å². The minimum atomic E-state index is -1.43. The molecule has 22 heavy (non-hydrogen) atoms. The van der Waals surface area contributed by atoms with Crippen molar-refractivity contribution in [3.8, 4) is 0 Å². The van der Waals surface area contributed by atoms with Crippen molar-refractivity contribution in [2.45, 2.75) is 51.1 Å². The second kappa shape index (κ2) is 6.85. The molecule has 0 N–H and O–H groups in total. The summed E-state index contributed by atoms with van der Waals surface area (Å²) in [4.78, 5) is 14.6. The highest BCUT2D eigenvalue weighted by atomic mass is 31.1. The third kappa shape index (κ3) is 4.43. The number of aromatic nitrogens is 2. The highest BCUT2D eigenvalue weighted by Gasteiger charge is 2.42. The molecular weight excluding hydrogens is 329 g/mol. The molecule has 0 aliphatic heterocycles. The van der Waals surface area contributed by atoms with E-state index in [0.717, 1.165) is 0 Å². The summed E-state index contributed by atoms with van der Waals surface area (Å²) in [6, 6.07) is 0. The van der Waals surface area contributed by atoms with Crippen molar-refractivity contribution < 1.29 is 9.53 Å². The molecule has 1 atom stereocenters. The first-order valence-electron chi connectivity index (χ1n) is 7.70. The summed E-state index contributed by atoms with van der Waals surface area (Å²) in [6.45, 7) is 16.5. The van der Waals surface area contributed by atoms with Crippen molar-refractivity contribution in [3.05, 3.63) is 5.69 Å². The van der Waals surface area contributed by atoms with E-state index in [1.807, 2.05) is 25.9 Å². The van der Waals surface area contributed by atoms with Gasteiger partial charge in [-0.1, -0.05) is 39.3 Å². The molecule has 0 aromatic carbocycles. The Morgan fingerprint density at radius 3 is 2.00 bits per heavy atom. The van der Waals surface area contributed by atoms with Gasteiger partial charge in [0.25, 0.3) is 0 Å². The van der Waals surface area contributed by atoms with Gasteiger partial charge in [-0.25, -0.2) is 9.54 Å². The summed E-state index contributed by atoms with van der Waals surface area (Å²) >= 11 is 0. The van der Waals surface area contributed by atoms with Crippen LogP contribution in [0.25, 0.3) is 0 Å². The SMILES string of the molecule is CCOC(=O)c1np(C([Si](C)(C)C)[Si](C)(C)C)nc1N(C)C. The van der Waals surface area contributed by atoms with Crippen molar-refractivity contribution in [2.24, 2.45) is 0 Å². The maximum Gasteiger partial charge on any atom is 0.361 e. The Morgan fingerprint density at radius 2 is 1.64 bits per heavy atom. The lowest BCUT2D eigenvalue weighted by Gasteiger charge is -2.36. The van der Waals surface area contributed by atoms with E-state index in [1.54, 1.807) is 0 Å². The van der Waals surface area contributed by atoms with E-state index in [4.69, 9.17) is 14.2 Å². The maximum atomic E-state index is 12.2. The number of carbonyl (C=O) groups is 1. The van der Waals surface area contributed by atoms with Crippen LogP contribution in [0.2, 0.25) is 39.3 Å². The van der Waals surface area contributed by atoms with Crippen LogP contribution in [0.4, 0.5) is 5.82 Å². The van der Waals surface area contributed by atoms with Crippen LogP contribution in [0.3, 0.4) is 0 Å². The van der Waals surface area contributed by atoms with E-state index >= 15 is 0 Å². The van der Waals surface area contributed by atoms with E-state index in [0.29, 0.717) is 23.0 Å². The number of carbonyl (C=O) groups excluding carboxylic acids is 1. The molecule has 1 rings (SSSR count). The first-order valence-corrected chi connectivity index (χ1v) is 16.2. The number of anilines is 1. The molecule has 126 valence electrons. The molecule has 0 saturated heterocycles. The van der Waals surface area contributed by atoms with Crippen LogP contribution in [-0.2, 0) is 4.74 Å².